The molecule has 1 fully saturated rings. The molecule has 3 heteroatoms. The number of hydrogen-bond donors (Lipinski definition) is 0. The van der Waals surface area contributed by atoms with Gasteiger partial charge in [-0.2, -0.15) is 0 Å². The van der Waals surface area contributed by atoms with Crippen LogP contribution in [0.4, 0.5) is 0 Å². The average molecular weight is 248 g/mol. The zero-order chi connectivity index (χ0) is 12.1. The first-order valence-electron chi connectivity index (χ1n) is 5.98. The highest BCUT2D eigenvalue weighted by atomic mass is 32.2. The number of hydrogen-bond acceptors (Lipinski definition) is 3. The fourth-order valence-electron chi connectivity index (χ4n) is 2.09. The Bertz CT molecular complexity index is 400. The summed E-state index contributed by atoms with van der Waals surface area (Å²) >= 11 is 1.56. The molecule has 0 amide bonds. The van der Waals surface area contributed by atoms with Crippen LogP contribution in [0.15, 0.2) is 35.2 Å². The summed E-state index contributed by atoms with van der Waals surface area (Å²) in [6, 6.07) is 9.91. The van der Waals surface area contributed by atoms with Crippen LogP contribution in [-0.4, -0.2) is 17.3 Å². The van der Waals surface area contributed by atoms with Crippen LogP contribution in [0.5, 0.6) is 0 Å². The van der Waals surface area contributed by atoms with E-state index >= 15 is 0 Å². The van der Waals surface area contributed by atoms with Gasteiger partial charge in [0.05, 0.1) is 5.75 Å². The summed E-state index contributed by atoms with van der Waals surface area (Å²) in [6.45, 7) is 0. The van der Waals surface area contributed by atoms with E-state index in [0.717, 1.165) is 17.7 Å². The van der Waals surface area contributed by atoms with Crippen molar-refractivity contribution in [1.29, 1.82) is 0 Å². The third kappa shape index (κ3) is 3.70. The smallest absolute Gasteiger partial charge is 0.146 e. The van der Waals surface area contributed by atoms with Gasteiger partial charge in [0.25, 0.3) is 0 Å². The highest BCUT2D eigenvalue weighted by Gasteiger charge is 2.25. The minimum Gasteiger partial charge on any atom is -0.300 e. The summed E-state index contributed by atoms with van der Waals surface area (Å²) in [4.78, 5) is 24.4. The number of Topliss-reactive ketones (excluding diaryl/α,β-unsaturated/α-hetero) is 2. The summed E-state index contributed by atoms with van der Waals surface area (Å²) < 4.78 is 0. The number of benzene rings is 1. The van der Waals surface area contributed by atoms with Gasteiger partial charge in [-0.1, -0.05) is 18.2 Å². The topological polar surface area (TPSA) is 34.1 Å². The highest BCUT2D eigenvalue weighted by Crippen LogP contribution is 2.25. The zero-order valence-corrected chi connectivity index (χ0v) is 10.5. The summed E-state index contributed by atoms with van der Waals surface area (Å²) in [5, 5.41) is 0. The van der Waals surface area contributed by atoms with E-state index in [1.165, 1.54) is 0 Å². The SMILES string of the molecule is O=C1CCCC(C(=O)CSc2ccccc2)C1. The molecule has 17 heavy (non-hydrogen) atoms. The number of ketones is 2. The van der Waals surface area contributed by atoms with E-state index in [4.69, 9.17) is 0 Å². The van der Waals surface area contributed by atoms with E-state index in [2.05, 4.69) is 0 Å². The molecule has 0 heterocycles. The molecule has 1 aromatic rings. The van der Waals surface area contributed by atoms with Gasteiger partial charge >= 0.3 is 0 Å². The number of rotatable bonds is 4. The molecule has 1 saturated carbocycles. The number of carbonyl (C=O) groups is 2. The van der Waals surface area contributed by atoms with Gasteiger partial charge in [-0.15, -0.1) is 11.8 Å². The predicted molar refractivity (Wildman–Crippen MR) is 69.1 cm³/mol. The molecule has 0 saturated heterocycles. The normalized spacial score (nSPS) is 20.2. The minimum atomic E-state index is -0.0209. The molecule has 0 aliphatic heterocycles. The molecule has 1 aliphatic carbocycles. The maximum Gasteiger partial charge on any atom is 0.146 e. The third-order valence-electron chi connectivity index (χ3n) is 3.06. The van der Waals surface area contributed by atoms with E-state index in [9.17, 15) is 9.59 Å². The third-order valence-corrected chi connectivity index (χ3v) is 4.10. The van der Waals surface area contributed by atoms with Crippen molar-refractivity contribution >= 4 is 23.3 Å². The van der Waals surface area contributed by atoms with E-state index in [-0.39, 0.29) is 17.5 Å². The minimum absolute atomic E-state index is 0.0209. The van der Waals surface area contributed by atoms with Crippen LogP contribution in [0.3, 0.4) is 0 Å². The van der Waals surface area contributed by atoms with Crippen molar-refractivity contribution in [1.82, 2.24) is 0 Å². The van der Waals surface area contributed by atoms with Crippen molar-refractivity contribution in [2.24, 2.45) is 5.92 Å². The van der Waals surface area contributed by atoms with E-state index in [1.54, 1.807) is 11.8 Å². The number of thioether (sulfide) groups is 1. The molecule has 0 bridgehead atoms. The van der Waals surface area contributed by atoms with Crippen molar-refractivity contribution in [2.45, 2.75) is 30.6 Å². The molecule has 1 unspecified atom stereocenters. The fraction of sp³-hybridized carbons (Fsp3) is 0.429. The van der Waals surface area contributed by atoms with E-state index < -0.39 is 0 Å². The van der Waals surface area contributed by atoms with Crippen molar-refractivity contribution in [3.05, 3.63) is 30.3 Å². The van der Waals surface area contributed by atoms with Crippen molar-refractivity contribution in [2.75, 3.05) is 5.75 Å². The van der Waals surface area contributed by atoms with Crippen LogP contribution in [0.2, 0.25) is 0 Å². The van der Waals surface area contributed by atoms with Crippen LogP contribution in [0, 0.1) is 5.92 Å². The second-order valence-corrected chi connectivity index (χ2v) is 5.45. The molecule has 1 aliphatic rings. The lowest BCUT2D eigenvalue weighted by molar-refractivity contribution is -0.128. The molecule has 1 atom stereocenters. The van der Waals surface area contributed by atoms with Gasteiger partial charge in [-0.25, -0.2) is 0 Å². The van der Waals surface area contributed by atoms with Crippen molar-refractivity contribution in [3.8, 4) is 0 Å². The molecular weight excluding hydrogens is 232 g/mol. The van der Waals surface area contributed by atoms with Crippen molar-refractivity contribution < 1.29 is 9.59 Å². The van der Waals surface area contributed by atoms with Crippen LogP contribution in [0.25, 0.3) is 0 Å². The van der Waals surface area contributed by atoms with Gasteiger partial charge in [-0.05, 0) is 25.0 Å². The van der Waals surface area contributed by atoms with Gasteiger partial charge in [-0.3, -0.25) is 9.59 Å². The Balaban J connectivity index is 1.83. The summed E-state index contributed by atoms with van der Waals surface area (Å²) in [5.74, 6) is 0.945. The molecule has 2 rings (SSSR count). The van der Waals surface area contributed by atoms with Gasteiger partial charge in [0, 0.05) is 23.7 Å². The Morgan fingerprint density at radius 3 is 2.76 bits per heavy atom. The molecular formula is C14H16O2S. The second-order valence-electron chi connectivity index (χ2n) is 4.40. The molecule has 0 aromatic heterocycles. The summed E-state index contributed by atoms with van der Waals surface area (Å²) in [5.41, 5.74) is 0. The van der Waals surface area contributed by atoms with Crippen LogP contribution < -0.4 is 0 Å². The standard InChI is InChI=1S/C14H16O2S/c15-12-6-4-5-11(9-12)14(16)10-17-13-7-2-1-3-8-13/h1-3,7-8,11H,4-6,9-10H2. The summed E-state index contributed by atoms with van der Waals surface area (Å²) in [7, 11) is 0. The monoisotopic (exact) mass is 248 g/mol. The van der Waals surface area contributed by atoms with Crippen LogP contribution >= 0.6 is 11.8 Å². The lowest BCUT2D eigenvalue weighted by Gasteiger charge is -2.19. The van der Waals surface area contributed by atoms with Gasteiger partial charge in [0.2, 0.25) is 0 Å². The maximum absolute atomic E-state index is 11.9. The Morgan fingerprint density at radius 1 is 1.29 bits per heavy atom. The van der Waals surface area contributed by atoms with Crippen molar-refractivity contribution in [3.63, 3.8) is 0 Å². The Kier molecular flexibility index (Phi) is 4.37. The highest BCUT2D eigenvalue weighted by molar-refractivity contribution is 8.00. The molecule has 90 valence electrons. The maximum atomic E-state index is 11.9. The van der Waals surface area contributed by atoms with Crippen LogP contribution in [-0.2, 0) is 9.59 Å². The first-order chi connectivity index (χ1) is 8.25. The molecule has 0 spiro atoms. The van der Waals surface area contributed by atoms with Gasteiger partial charge in [0.15, 0.2) is 0 Å². The average Bonchev–Trinajstić information content (AvgIpc) is 2.37. The molecule has 1 aromatic carbocycles. The molecule has 0 N–H and O–H groups in total. The van der Waals surface area contributed by atoms with Gasteiger partial charge < -0.3 is 0 Å². The Morgan fingerprint density at radius 2 is 2.06 bits per heavy atom. The number of carbonyl (C=O) groups excluding carboxylic acids is 2. The quantitative estimate of drug-likeness (QED) is 0.768. The zero-order valence-electron chi connectivity index (χ0n) is 9.72. The molecule has 0 radical (unpaired) electrons. The lowest BCUT2D eigenvalue weighted by atomic mass is 9.86. The van der Waals surface area contributed by atoms with Gasteiger partial charge in [0.1, 0.15) is 11.6 Å². The largest absolute Gasteiger partial charge is 0.300 e. The van der Waals surface area contributed by atoms with E-state index in [1.807, 2.05) is 30.3 Å². The summed E-state index contributed by atoms with van der Waals surface area (Å²) in [6.07, 6.45) is 2.90. The fourth-order valence-corrected chi connectivity index (χ4v) is 2.98. The van der Waals surface area contributed by atoms with Crippen LogP contribution in [0.1, 0.15) is 25.7 Å². The molecule has 2 nitrogen and oxygen atoms in total. The van der Waals surface area contributed by atoms with E-state index in [0.29, 0.717) is 18.6 Å². The first kappa shape index (κ1) is 12.4. The lowest BCUT2D eigenvalue weighted by Crippen LogP contribution is -2.24. The second kappa shape index (κ2) is 6.01. The Hall–Kier alpha value is -1.09. The Labute approximate surface area is 106 Å². The predicted octanol–water partition coefficient (Wildman–Crippen LogP) is 3.11. The first-order valence-corrected chi connectivity index (χ1v) is 6.96.